The van der Waals surface area contributed by atoms with E-state index in [0.29, 0.717) is 28.8 Å². The van der Waals surface area contributed by atoms with Crippen LogP contribution in [-0.4, -0.2) is 17.6 Å². The summed E-state index contributed by atoms with van der Waals surface area (Å²) in [6, 6.07) is 9.64. The lowest BCUT2D eigenvalue weighted by molar-refractivity contribution is -0.115. The summed E-state index contributed by atoms with van der Waals surface area (Å²) in [6.07, 6.45) is 1.65. The van der Waals surface area contributed by atoms with Gasteiger partial charge in [-0.3, -0.25) is 10.1 Å². The summed E-state index contributed by atoms with van der Waals surface area (Å²) in [4.78, 5) is 11.8. The maximum Gasteiger partial charge on any atom is 0.273 e. The lowest BCUT2D eigenvalue weighted by atomic mass is 10.1. The van der Waals surface area contributed by atoms with Crippen LogP contribution in [0.4, 0.5) is 4.39 Å². The zero-order valence-corrected chi connectivity index (χ0v) is 15.9. The predicted octanol–water partition coefficient (Wildman–Crippen LogP) is 3.80. The lowest BCUT2D eigenvalue weighted by Gasteiger charge is -2.14. The molecule has 1 aliphatic heterocycles. The lowest BCUT2D eigenvalue weighted by Crippen LogP contribution is -2.21. The van der Waals surface area contributed by atoms with Gasteiger partial charge in [-0.05, 0) is 55.0 Å². The summed E-state index contributed by atoms with van der Waals surface area (Å²) >= 11 is 10.9. The van der Waals surface area contributed by atoms with Gasteiger partial charge in [0.1, 0.15) is 18.1 Å². The zero-order valence-electron chi connectivity index (χ0n) is 14.3. The Morgan fingerprint density at radius 1 is 1.19 bits per heavy atom. The van der Waals surface area contributed by atoms with Crippen molar-refractivity contribution in [1.29, 1.82) is 0 Å². The minimum atomic E-state index is -0.434. The average Bonchev–Trinajstić information content (AvgIpc) is 2.93. The Labute approximate surface area is 166 Å². The van der Waals surface area contributed by atoms with Crippen LogP contribution in [0.1, 0.15) is 18.1 Å². The number of amides is 1. The molecule has 2 N–H and O–H groups in total. The molecule has 1 saturated heterocycles. The normalized spacial score (nSPS) is 14.9. The molecular weight excluding hydrogens is 391 g/mol. The van der Waals surface area contributed by atoms with E-state index in [1.54, 1.807) is 30.3 Å². The van der Waals surface area contributed by atoms with Crippen LogP contribution in [0.25, 0.3) is 6.08 Å². The second-order valence-corrected chi connectivity index (χ2v) is 6.41. The molecule has 1 fully saturated rings. The van der Waals surface area contributed by atoms with Gasteiger partial charge in [0.05, 0.1) is 11.6 Å². The Hall–Kier alpha value is -2.64. The smallest absolute Gasteiger partial charge is 0.273 e. The standard InChI is InChI=1S/C19H16ClFN2O3S/c1-2-25-17-9-11(8-15-18(24)23-19(27)22-15)6-7-16(17)26-10-12-13(20)4-3-5-14(12)21/h3-9H,2,10H2,1H3,(H2,22,23,24,27)/b15-8-. The van der Waals surface area contributed by atoms with Crippen molar-refractivity contribution in [3.63, 3.8) is 0 Å². The van der Waals surface area contributed by atoms with Crippen LogP contribution in [0.2, 0.25) is 5.02 Å². The highest BCUT2D eigenvalue weighted by atomic mass is 35.5. The molecule has 1 heterocycles. The highest BCUT2D eigenvalue weighted by Gasteiger charge is 2.20. The number of hydrogen-bond donors (Lipinski definition) is 2. The Bertz CT molecular complexity index is 913. The van der Waals surface area contributed by atoms with Gasteiger partial charge in [-0.25, -0.2) is 4.39 Å². The molecule has 1 amide bonds. The number of ether oxygens (including phenoxy) is 2. The van der Waals surface area contributed by atoms with Crippen molar-refractivity contribution in [3.8, 4) is 11.5 Å². The van der Waals surface area contributed by atoms with E-state index in [2.05, 4.69) is 10.6 Å². The van der Waals surface area contributed by atoms with Crippen LogP contribution in [0, 0.1) is 5.82 Å². The molecule has 0 saturated carbocycles. The largest absolute Gasteiger partial charge is 0.490 e. The van der Waals surface area contributed by atoms with Gasteiger partial charge < -0.3 is 14.8 Å². The third-order valence-corrected chi connectivity index (χ3v) is 4.29. The van der Waals surface area contributed by atoms with Gasteiger partial charge in [0.25, 0.3) is 5.91 Å². The first-order valence-electron chi connectivity index (χ1n) is 8.14. The summed E-state index contributed by atoms with van der Waals surface area (Å²) in [7, 11) is 0. The Morgan fingerprint density at radius 3 is 2.67 bits per heavy atom. The van der Waals surface area contributed by atoms with Crippen molar-refractivity contribution in [2.75, 3.05) is 6.61 Å². The number of rotatable bonds is 6. The molecular formula is C19H16ClFN2O3S. The van der Waals surface area contributed by atoms with Crippen molar-refractivity contribution in [1.82, 2.24) is 10.6 Å². The van der Waals surface area contributed by atoms with Crippen molar-refractivity contribution in [3.05, 3.63) is 64.1 Å². The summed E-state index contributed by atoms with van der Waals surface area (Å²) in [5.74, 6) is 0.182. The fourth-order valence-electron chi connectivity index (χ4n) is 2.47. The molecule has 1 aliphatic rings. The fourth-order valence-corrected chi connectivity index (χ4v) is 2.89. The first kappa shape index (κ1) is 19.1. The van der Waals surface area contributed by atoms with Gasteiger partial charge in [0.15, 0.2) is 16.6 Å². The summed E-state index contributed by atoms with van der Waals surface area (Å²) in [6.45, 7) is 2.22. The van der Waals surface area contributed by atoms with E-state index in [4.69, 9.17) is 33.3 Å². The van der Waals surface area contributed by atoms with Gasteiger partial charge >= 0.3 is 0 Å². The number of nitrogens with one attached hydrogen (secondary N) is 2. The second-order valence-electron chi connectivity index (χ2n) is 5.59. The molecule has 27 heavy (non-hydrogen) atoms. The SMILES string of the molecule is CCOc1cc(/C=C2\NC(=S)NC2=O)ccc1OCc1c(F)cccc1Cl. The highest BCUT2D eigenvalue weighted by Crippen LogP contribution is 2.31. The van der Waals surface area contributed by atoms with Crippen molar-refractivity contribution < 1.29 is 18.7 Å². The molecule has 8 heteroatoms. The van der Waals surface area contributed by atoms with Crippen molar-refractivity contribution in [2.24, 2.45) is 0 Å². The average molecular weight is 407 g/mol. The summed E-state index contributed by atoms with van der Waals surface area (Å²) in [5, 5.41) is 5.83. The van der Waals surface area contributed by atoms with E-state index in [9.17, 15) is 9.18 Å². The molecule has 140 valence electrons. The molecule has 0 unspecified atom stereocenters. The molecule has 0 spiro atoms. The van der Waals surface area contributed by atoms with Crippen LogP contribution in [-0.2, 0) is 11.4 Å². The van der Waals surface area contributed by atoms with E-state index >= 15 is 0 Å². The molecule has 5 nitrogen and oxygen atoms in total. The number of carbonyl (C=O) groups is 1. The first-order chi connectivity index (χ1) is 13.0. The van der Waals surface area contributed by atoms with E-state index in [1.807, 2.05) is 6.92 Å². The minimum Gasteiger partial charge on any atom is -0.490 e. The van der Waals surface area contributed by atoms with Gasteiger partial charge in [-0.1, -0.05) is 23.7 Å². The van der Waals surface area contributed by atoms with Crippen LogP contribution in [0.3, 0.4) is 0 Å². The first-order valence-corrected chi connectivity index (χ1v) is 8.93. The quantitative estimate of drug-likeness (QED) is 0.564. The number of thiocarbonyl (C=S) groups is 1. The molecule has 3 rings (SSSR count). The number of hydrogen-bond acceptors (Lipinski definition) is 4. The van der Waals surface area contributed by atoms with Gasteiger partial charge in [-0.15, -0.1) is 0 Å². The van der Waals surface area contributed by atoms with E-state index in [1.165, 1.54) is 12.1 Å². The van der Waals surface area contributed by atoms with Gasteiger partial charge in [0, 0.05) is 5.56 Å². The molecule has 0 radical (unpaired) electrons. The van der Waals surface area contributed by atoms with Crippen LogP contribution in [0.15, 0.2) is 42.1 Å². The molecule has 2 aromatic carbocycles. The Balaban J connectivity index is 1.83. The zero-order chi connectivity index (χ0) is 19.4. The summed E-state index contributed by atoms with van der Waals surface area (Å²) < 4.78 is 25.2. The monoisotopic (exact) mass is 406 g/mol. The number of carbonyl (C=O) groups excluding carboxylic acids is 1. The Morgan fingerprint density at radius 2 is 2.00 bits per heavy atom. The second kappa shape index (κ2) is 8.37. The van der Waals surface area contributed by atoms with E-state index in [0.717, 1.165) is 5.56 Å². The molecule has 0 aliphatic carbocycles. The van der Waals surface area contributed by atoms with Crippen LogP contribution >= 0.6 is 23.8 Å². The third-order valence-electron chi connectivity index (χ3n) is 3.73. The molecule has 2 aromatic rings. The highest BCUT2D eigenvalue weighted by molar-refractivity contribution is 7.80. The Kier molecular flexibility index (Phi) is 5.93. The van der Waals surface area contributed by atoms with Crippen molar-refractivity contribution >= 4 is 40.9 Å². The predicted molar refractivity (Wildman–Crippen MR) is 105 cm³/mol. The maximum atomic E-state index is 13.9. The third kappa shape index (κ3) is 4.56. The number of halogens is 2. The van der Waals surface area contributed by atoms with Gasteiger partial charge in [-0.2, -0.15) is 0 Å². The van der Waals surface area contributed by atoms with E-state index in [-0.39, 0.29) is 23.2 Å². The van der Waals surface area contributed by atoms with Crippen molar-refractivity contribution in [2.45, 2.75) is 13.5 Å². The molecule has 0 atom stereocenters. The maximum absolute atomic E-state index is 13.9. The van der Waals surface area contributed by atoms with E-state index < -0.39 is 5.82 Å². The van der Waals surface area contributed by atoms with Crippen LogP contribution in [0.5, 0.6) is 11.5 Å². The fraction of sp³-hybridized carbons (Fsp3) is 0.158. The molecule has 0 bridgehead atoms. The molecule has 0 aromatic heterocycles. The number of benzene rings is 2. The van der Waals surface area contributed by atoms with Gasteiger partial charge in [0.2, 0.25) is 0 Å². The minimum absolute atomic E-state index is 0.0375. The van der Waals surface area contributed by atoms with Crippen LogP contribution < -0.4 is 20.1 Å². The summed E-state index contributed by atoms with van der Waals surface area (Å²) in [5.41, 5.74) is 1.33. The topological polar surface area (TPSA) is 59.6 Å².